The third-order valence-corrected chi connectivity index (χ3v) is 5.10. The fourth-order valence-electron chi connectivity index (χ4n) is 2.08. The highest BCUT2D eigenvalue weighted by Crippen LogP contribution is 2.34. The summed E-state index contributed by atoms with van der Waals surface area (Å²) in [7, 11) is -3.03. The lowest BCUT2D eigenvalue weighted by Crippen LogP contribution is -2.37. The average molecular weight is 240 g/mol. The summed E-state index contributed by atoms with van der Waals surface area (Å²) in [6, 6.07) is 9.09. The number of rotatable bonds is 4. The zero-order valence-electron chi connectivity index (χ0n) is 9.77. The van der Waals surface area contributed by atoms with E-state index in [1.807, 2.05) is 18.2 Å². The molecule has 0 aromatic heterocycles. The summed E-state index contributed by atoms with van der Waals surface area (Å²) >= 11 is 0. The Bertz CT molecular complexity index is 359. The zero-order valence-corrected chi connectivity index (χ0v) is 10.8. The highest BCUT2D eigenvalue weighted by Gasteiger charge is 2.40. The predicted octanol–water partition coefficient (Wildman–Crippen LogP) is 3.20. The molecule has 0 saturated carbocycles. The van der Waals surface area contributed by atoms with Crippen LogP contribution in [0.25, 0.3) is 0 Å². The first-order chi connectivity index (χ1) is 7.34. The van der Waals surface area contributed by atoms with Crippen LogP contribution in [0.3, 0.4) is 0 Å². The first-order valence-electron chi connectivity index (χ1n) is 5.30. The molecule has 88 valence electrons. The van der Waals surface area contributed by atoms with Crippen LogP contribution in [0, 0.1) is 5.92 Å². The van der Waals surface area contributed by atoms with Gasteiger partial charge in [-0.25, -0.2) is 0 Å². The van der Waals surface area contributed by atoms with Gasteiger partial charge in [-0.1, -0.05) is 37.3 Å². The molecule has 2 unspecified atom stereocenters. The number of hydrogen-bond donors (Lipinski definition) is 1. The van der Waals surface area contributed by atoms with E-state index in [0.717, 1.165) is 5.56 Å². The summed E-state index contributed by atoms with van der Waals surface area (Å²) in [4.78, 5) is 11.0. The van der Waals surface area contributed by atoms with Gasteiger partial charge in [0.05, 0.1) is 5.92 Å². The molecular formula is C12H17FO2Si. The van der Waals surface area contributed by atoms with E-state index in [9.17, 15) is 8.90 Å². The van der Waals surface area contributed by atoms with Gasteiger partial charge in [0.15, 0.2) is 0 Å². The van der Waals surface area contributed by atoms with E-state index in [1.165, 1.54) is 0 Å². The SMILES string of the molecule is CC(C(=O)O)C(c1ccccc1)[Si](C)(C)F. The second-order valence-electron chi connectivity index (χ2n) is 4.58. The predicted molar refractivity (Wildman–Crippen MR) is 64.6 cm³/mol. The molecule has 0 radical (unpaired) electrons. The van der Waals surface area contributed by atoms with Crippen molar-refractivity contribution >= 4 is 14.4 Å². The van der Waals surface area contributed by atoms with Crippen LogP contribution in [-0.2, 0) is 4.79 Å². The van der Waals surface area contributed by atoms with Crippen LogP contribution in [0.5, 0.6) is 0 Å². The maximum atomic E-state index is 14.2. The largest absolute Gasteiger partial charge is 0.481 e. The maximum Gasteiger partial charge on any atom is 0.306 e. The number of carboxylic acid groups (broad SMARTS) is 1. The fraction of sp³-hybridized carbons (Fsp3) is 0.417. The second kappa shape index (κ2) is 4.78. The van der Waals surface area contributed by atoms with E-state index in [2.05, 4.69) is 0 Å². The zero-order chi connectivity index (χ0) is 12.3. The van der Waals surface area contributed by atoms with Crippen molar-refractivity contribution in [2.75, 3.05) is 0 Å². The van der Waals surface area contributed by atoms with E-state index in [0.29, 0.717) is 0 Å². The van der Waals surface area contributed by atoms with Gasteiger partial charge >= 0.3 is 5.97 Å². The van der Waals surface area contributed by atoms with Crippen LogP contribution in [-0.4, -0.2) is 19.5 Å². The molecule has 0 aliphatic rings. The fourth-order valence-corrected chi connectivity index (χ4v) is 4.40. The summed E-state index contributed by atoms with van der Waals surface area (Å²) in [5, 5.41) is 9.03. The summed E-state index contributed by atoms with van der Waals surface area (Å²) in [5.41, 5.74) is 0.294. The number of carbonyl (C=O) groups is 1. The average Bonchev–Trinajstić information content (AvgIpc) is 2.17. The molecule has 0 spiro atoms. The Labute approximate surface area is 96.3 Å². The summed E-state index contributed by atoms with van der Waals surface area (Å²) in [6.45, 7) is 4.70. The van der Waals surface area contributed by atoms with E-state index < -0.39 is 25.8 Å². The molecule has 0 bridgehead atoms. The van der Waals surface area contributed by atoms with Crippen LogP contribution in [0.4, 0.5) is 4.11 Å². The summed E-state index contributed by atoms with van der Waals surface area (Å²) in [6.07, 6.45) is 0. The number of halogens is 1. The van der Waals surface area contributed by atoms with Crippen molar-refractivity contribution in [2.45, 2.75) is 25.6 Å². The van der Waals surface area contributed by atoms with Crippen molar-refractivity contribution in [3.8, 4) is 0 Å². The van der Waals surface area contributed by atoms with E-state index in [-0.39, 0.29) is 0 Å². The normalized spacial score (nSPS) is 15.5. The summed E-state index contributed by atoms with van der Waals surface area (Å²) < 4.78 is 14.2. The van der Waals surface area contributed by atoms with Gasteiger partial charge in [-0.2, -0.15) is 0 Å². The van der Waals surface area contributed by atoms with Gasteiger partial charge in [0.1, 0.15) is 0 Å². The lowest BCUT2D eigenvalue weighted by atomic mass is 10.0. The Morgan fingerprint density at radius 3 is 2.19 bits per heavy atom. The van der Waals surface area contributed by atoms with Crippen LogP contribution in [0.1, 0.15) is 18.0 Å². The quantitative estimate of drug-likeness (QED) is 0.648. The summed E-state index contributed by atoms with van der Waals surface area (Å²) in [5.74, 6) is -1.62. The Morgan fingerprint density at radius 2 is 1.81 bits per heavy atom. The smallest absolute Gasteiger partial charge is 0.306 e. The topological polar surface area (TPSA) is 37.3 Å². The molecule has 16 heavy (non-hydrogen) atoms. The monoisotopic (exact) mass is 240 g/mol. The Kier molecular flexibility index (Phi) is 3.86. The van der Waals surface area contributed by atoms with Crippen molar-refractivity contribution in [1.29, 1.82) is 0 Å². The minimum Gasteiger partial charge on any atom is -0.481 e. The van der Waals surface area contributed by atoms with Crippen molar-refractivity contribution in [3.05, 3.63) is 35.9 Å². The minimum atomic E-state index is -3.03. The lowest BCUT2D eigenvalue weighted by molar-refractivity contribution is -0.141. The molecule has 1 N–H and O–H groups in total. The third-order valence-electron chi connectivity index (χ3n) is 2.79. The standard InChI is InChI=1S/C12H17FO2Si/c1-9(12(14)15)11(16(2,3)13)10-7-5-4-6-8-10/h4-9,11H,1-3H3,(H,14,15). The van der Waals surface area contributed by atoms with Crippen LogP contribution in [0.2, 0.25) is 13.1 Å². The molecule has 1 aromatic rings. The van der Waals surface area contributed by atoms with Crippen LogP contribution in [0.15, 0.2) is 30.3 Å². The molecule has 2 nitrogen and oxygen atoms in total. The number of aliphatic carboxylic acids is 1. The molecule has 0 heterocycles. The van der Waals surface area contributed by atoms with Crippen LogP contribution < -0.4 is 0 Å². The van der Waals surface area contributed by atoms with Gasteiger partial charge in [-0.05, 0) is 18.7 Å². The lowest BCUT2D eigenvalue weighted by Gasteiger charge is -2.28. The van der Waals surface area contributed by atoms with Gasteiger partial charge in [0.2, 0.25) is 8.41 Å². The Morgan fingerprint density at radius 1 is 1.31 bits per heavy atom. The highest BCUT2D eigenvalue weighted by molar-refractivity contribution is 6.72. The Hall–Kier alpha value is -1.16. The van der Waals surface area contributed by atoms with E-state index in [4.69, 9.17) is 5.11 Å². The van der Waals surface area contributed by atoms with Crippen molar-refractivity contribution in [3.63, 3.8) is 0 Å². The number of benzene rings is 1. The molecule has 0 saturated heterocycles. The van der Waals surface area contributed by atoms with Crippen molar-refractivity contribution in [1.82, 2.24) is 0 Å². The first kappa shape index (κ1) is 12.9. The third kappa shape index (κ3) is 2.92. The van der Waals surface area contributed by atoms with Gasteiger partial charge in [0, 0.05) is 5.54 Å². The molecular weight excluding hydrogens is 223 g/mol. The van der Waals surface area contributed by atoms with E-state index >= 15 is 0 Å². The molecule has 2 atom stereocenters. The van der Waals surface area contributed by atoms with Crippen molar-refractivity contribution in [2.24, 2.45) is 5.92 Å². The van der Waals surface area contributed by atoms with E-state index in [1.54, 1.807) is 32.2 Å². The van der Waals surface area contributed by atoms with Gasteiger partial charge in [0.25, 0.3) is 0 Å². The molecule has 0 aliphatic carbocycles. The molecule has 0 fully saturated rings. The molecule has 4 heteroatoms. The van der Waals surface area contributed by atoms with Gasteiger partial charge in [-0.3, -0.25) is 4.79 Å². The molecule has 1 rings (SSSR count). The number of hydrogen-bond acceptors (Lipinski definition) is 1. The first-order valence-corrected chi connectivity index (χ1v) is 8.26. The van der Waals surface area contributed by atoms with Gasteiger partial charge < -0.3 is 9.21 Å². The Balaban J connectivity index is 3.12. The van der Waals surface area contributed by atoms with Crippen molar-refractivity contribution < 1.29 is 14.0 Å². The van der Waals surface area contributed by atoms with Crippen LogP contribution >= 0.6 is 0 Å². The highest BCUT2D eigenvalue weighted by atomic mass is 28.4. The second-order valence-corrected chi connectivity index (χ2v) is 8.33. The molecule has 0 amide bonds. The van der Waals surface area contributed by atoms with Gasteiger partial charge in [-0.15, -0.1) is 0 Å². The minimum absolute atomic E-state index is 0.494. The number of carboxylic acids is 1. The molecule has 0 aliphatic heterocycles. The molecule has 1 aromatic carbocycles. The maximum absolute atomic E-state index is 14.2.